The Kier molecular flexibility index (Phi) is 5.00. The van der Waals surface area contributed by atoms with Crippen molar-refractivity contribution in [2.45, 2.75) is 46.0 Å². The molecule has 2 rings (SSSR count). The van der Waals surface area contributed by atoms with Gasteiger partial charge in [0.15, 0.2) is 5.69 Å². The number of halogens is 3. The molecule has 0 bridgehead atoms. The van der Waals surface area contributed by atoms with Crippen LogP contribution in [0.1, 0.15) is 40.1 Å². The summed E-state index contributed by atoms with van der Waals surface area (Å²) in [5.41, 5.74) is -0.00838. The van der Waals surface area contributed by atoms with Crippen molar-refractivity contribution in [3.05, 3.63) is 31.7 Å². The van der Waals surface area contributed by atoms with Gasteiger partial charge in [-0.05, 0) is 6.92 Å². The molecule has 0 aliphatic heterocycles. The number of alkyl halides is 3. The topological polar surface area (TPSA) is 37.8 Å². The van der Waals surface area contributed by atoms with Gasteiger partial charge in [-0.15, -0.1) is 22.7 Å². The fourth-order valence-corrected chi connectivity index (χ4v) is 3.43. The monoisotopic (exact) mass is 335 g/mol. The van der Waals surface area contributed by atoms with Crippen LogP contribution in [0.5, 0.6) is 0 Å². The summed E-state index contributed by atoms with van der Waals surface area (Å²) in [5, 5.41) is 6.22. The van der Waals surface area contributed by atoms with Crippen LogP contribution in [-0.4, -0.2) is 16.0 Å². The van der Waals surface area contributed by atoms with Crippen LogP contribution < -0.4 is 5.32 Å². The number of hydrogen-bond donors (Lipinski definition) is 1. The molecular weight excluding hydrogens is 319 g/mol. The van der Waals surface area contributed by atoms with Crippen LogP contribution in [0.15, 0.2) is 5.38 Å². The summed E-state index contributed by atoms with van der Waals surface area (Å²) < 4.78 is 39.1. The van der Waals surface area contributed by atoms with Gasteiger partial charge in [-0.1, -0.05) is 13.8 Å². The van der Waals surface area contributed by atoms with E-state index in [4.69, 9.17) is 0 Å². The molecule has 0 aliphatic carbocycles. The van der Waals surface area contributed by atoms with E-state index in [0.29, 0.717) is 11.4 Å². The van der Waals surface area contributed by atoms with E-state index in [2.05, 4.69) is 15.3 Å². The zero-order valence-corrected chi connectivity index (χ0v) is 13.5. The zero-order chi connectivity index (χ0) is 15.6. The third kappa shape index (κ3) is 4.49. The number of hydrogen-bond acceptors (Lipinski definition) is 5. The van der Waals surface area contributed by atoms with Crippen molar-refractivity contribution < 1.29 is 13.2 Å². The van der Waals surface area contributed by atoms with Crippen LogP contribution in [0.25, 0.3) is 0 Å². The molecule has 21 heavy (non-hydrogen) atoms. The van der Waals surface area contributed by atoms with Gasteiger partial charge < -0.3 is 5.32 Å². The first-order valence-corrected chi connectivity index (χ1v) is 8.15. The normalized spacial score (nSPS) is 12.3. The van der Waals surface area contributed by atoms with E-state index < -0.39 is 11.9 Å². The summed E-state index contributed by atoms with van der Waals surface area (Å²) in [4.78, 5) is 8.29. The number of aromatic nitrogens is 2. The molecule has 116 valence electrons. The van der Waals surface area contributed by atoms with Crippen molar-refractivity contribution in [3.63, 3.8) is 0 Å². The van der Waals surface area contributed by atoms with Crippen LogP contribution in [-0.2, 0) is 19.1 Å². The SMILES string of the molecule is Cc1nc(Cc2nc(C(F)(F)F)c(CNC(C)C)s2)cs1. The molecule has 0 atom stereocenters. The molecule has 2 aromatic heterocycles. The van der Waals surface area contributed by atoms with E-state index in [0.717, 1.165) is 22.0 Å². The molecule has 0 amide bonds. The van der Waals surface area contributed by atoms with Crippen LogP contribution >= 0.6 is 22.7 Å². The summed E-state index contributed by atoms with van der Waals surface area (Å²) in [7, 11) is 0. The van der Waals surface area contributed by atoms with E-state index in [9.17, 15) is 13.2 Å². The summed E-state index contributed by atoms with van der Waals surface area (Å²) in [6, 6.07) is 0.123. The second-order valence-corrected chi connectivity index (χ2v) is 7.18. The molecule has 0 fully saturated rings. The fraction of sp³-hybridized carbons (Fsp3) is 0.538. The highest BCUT2D eigenvalue weighted by molar-refractivity contribution is 7.11. The Morgan fingerprint density at radius 3 is 2.52 bits per heavy atom. The number of thiazole rings is 2. The number of rotatable bonds is 5. The van der Waals surface area contributed by atoms with Gasteiger partial charge in [-0.3, -0.25) is 0 Å². The molecule has 0 unspecified atom stereocenters. The molecule has 2 aromatic rings. The van der Waals surface area contributed by atoms with Gasteiger partial charge >= 0.3 is 6.18 Å². The maximum absolute atomic E-state index is 13.0. The van der Waals surface area contributed by atoms with Crippen LogP contribution in [0.2, 0.25) is 0 Å². The lowest BCUT2D eigenvalue weighted by atomic mass is 10.3. The standard InChI is InChI=1S/C13H16F3N3S2/c1-7(2)17-5-10-12(13(14,15)16)19-11(21-10)4-9-6-20-8(3)18-9/h6-7,17H,4-5H2,1-3H3. The largest absolute Gasteiger partial charge is 0.434 e. The van der Waals surface area contributed by atoms with Crippen molar-refractivity contribution in [2.75, 3.05) is 0 Å². The van der Waals surface area contributed by atoms with E-state index in [1.807, 2.05) is 26.2 Å². The Labute approximate surface area is 129 Å². The summed E-state index contributed by atoms with van der Waals surface area (Å²) in [6.45, 7) is 5.84. The van der Waals surface area contributed by atoms with Crippen molar-refractivity contribution >= 4 is 22.7 Å². The smallest absolute Gasteiger partial charge is 0.310 e. The molecule has 1 N–H and O–H groups in total. The van der Waals surface area contributed by atoms with E-state index >= 15 is 0 Å². The molecule has 3 nitrogen and oxygen atoms in total. The van der Waals surface area contributed by atoms with Gasteiger partial charge in [0, 0.05) is 24.4 Å². The minimum atomic E-state index is -4.42. The van der Waals surface area contributed by atoms with Crippen molar-refractivity contribution in [1.29, 1.82) is 0 Å². The second kappa shape index (κ2) is 6.41. The predicted octanol–water partition coefficient (Wildman–Crippen LogP) is 4.02. The van der Waals surface area contributed by atoms with E-state index in [-0.39, 0.29) is 17.5 Å². The van der Waals surface area contributed by atoms with Gasteiger partial charge in [0.1, 0.15) is 0 Å². The molecule has 0 spiro atoms. The van der Waals surface area contributed by atoms with Crippen LogP contribution in [0, 0.1) is 6.92 Å². The third-order valence-electron chi connectivity index (χ3n) is 2.68. The van der Waals surface area contributed by atoms with Gasteiger partial charge in [-0.25, -0.2) is 9.97 Å². The maximum atomic E-state index is 13.0. The summed E-state index contributed by atoms with van der Waals surface area (Å²) in [6.07, 6.45) is -4.07. The molecule has 2 heterocycles. The number of aryl methyl sites for hydroxylation is 1. The Hall–Kier alpha value is -0.990. The van der Waals surface area contributed by atoms with Gasteiger partial charge in [0.05, 0.1) is 20.6 Å². The minimum absolute atomic E-state index is 0.123. The molecule has 0 radical (unpaired) electrons. The molecule has 0 saturated heterocycles. The second-order valence-electron chi connectivity index (χ2n) is 4.95. The molecule has 8 heteroatoms. The number of nitrogens with one attached hydrogen (secondary N) is 1. The minimum Gasteiger partial charge on any atom is -0.310 e. The average Bonchev–Trinajstić information content (AvgIpc) is 2.93. The van der Waals surface area contributed by atoms with E-state index in [1.165, 1.54) is 11.3 Å². The Balaban J connectivity index is 2.22. The lowest BCUT2D eigenvalue weighted by molar-refractivity contribution is -0.141. The summed E-state index contributed by atoms with van der Waals surface area (Å²) in [5.74, 6) is 0. The maximum Gasteiger partial charge on any atom is 0.434 e. The highest BCUT2D eigenvalue weighted by atomic mass is 32.1. The lowest BCUT2D eigenvalue weighted by Gasteiger charge is -2.09. The highest BCUT2D eigenvalue weighted by Gasteiger charge is 2.37. The van der Waals surface area contributed by atoms with Gasteiger partial charge in [0.25, 0.3) is 0 Å². The first-order chi connectivity index (χ1) is 9.75. The van der Waals surface area contributed by atoms with Gasteiger partial charge in [0.2, 0.25) is 0 Å². The lowest BCUT2D eigenvalue weighted by Crippen LogP contribution is -2.23. The molecule has 0 saturated carbocycles. The van der Waals surface area contributed by atoms with Crippen molar-refractivity contribution in [1.82, 2.24) is 15.3 Å². The number of nitrogens with zero attached hydrogens (tertiary/aromatic N) is 2. The highest BCUT2D eigenvalue weighted by Crippen LogP contribution is 2.35. The predicted molar refractivity (Wildman–Crippen MR) is 78.7 cm³/mol. The molecule has 0 aliphatic rings. The first-order valence-electron chi connectivity index (χ1n) is 6.46. The quantitative estimate of drug-likeness (QED) is 0.897. The fourth-order valence-electron chi connectivity index (χ4n) is 1.76. The van der Waals surface area contributed by atoms with Crippen molar-refractivity contribution in [3.8, 4) is 0 Å². The Morgan fingerprint density at radius 2 is 2.00 bits per heavy atom. The average molecular weight is 335 g/mol. The van der Waals surface area contributed by atoms with Gasteiger partial charge in [-0.2, -0.15) is 13.2 Å². The zero-order valence-electron chi connectivity index (χ0n) is 11.9. The van der Waals surface area contributed by atoms with Crippen LogP contribution in [0.4, 0.5) is 13.2 Å². The first kappa shape index (κ1) is 16.4. The summed E-state index contributed by atoms with van der Waals surface area (Å²) >= 11 is 2.59. The van der Waals surface area contributed by atoms with Crippen LogP contribution in [0.3, 0.4) is 0 Å². The third-order valence-corrected chi connectivity index (χ3v) is 4.56. The van der Waals surface area contributed by atoms with E-state index in [1.54, 1.807) is 0 Å². The Bertz CT molecular complexity index is 602. The Morgan fingerprint density at radius 1 is 1.29 bits per heavy atom. The molecule has 0 aromatic carbocycles. The molecular formula is C13H16F3N3S2. The van der Waals surface area contributed by atoms with Crippen molar-refractivity contribution in [2.24, 2.45) is 0 Å².